The zero-order chi connectivity index (χ0) is 16.9. The zero-order valence-electron chi connectivity index (χ0n) is 15.0. The Morgan fingerprint density at radius 1 is 1.04 bits per heavy atom. The lowest BCUT2D eigenvalue weighted by Crippen LogP contribution is -2.11. The van der Waals surface area contributed by atoms with Crippen LogP contribution in [0.2, 0.25) is 0 Å². The van der Waals surface area contributed by atoms with Crippen molar-refractivity contribution in [1.29, 1.82) is 0 Å². The molecule has 4 nitrogen and oxygen atoms in total. The fourth-order valence-electron chi connectivity index (χ4n) is 2.78. The molecule has 1 aromatic heterocycles. The molecular formula is C19H30N4. The van der Waals surface area contributed by atoms with Gasteiger partial charge < -0.3 is 5.73 Å². The monoisotopic (exact) mass is 314 g/mol. The van der Waals surface area contributed by atoms with Gasteiger partial charge in [-0.3, -0.25) is 0 Å². The van der Waals surface area contributed by atoms with Crippen molar-refractivity contribution < 1.29 is 0 Å². The molecule has 0 atom stereocenters. The molecule has 1 aromatic carbocycles. The molecule has 0 fully saturated rings. The van der Waals surface area contributed by atoms with Gasteiger partial charge in [0.2, 0.25) is 0 Å². The summed E-state index contributed by atoms with van der Waals surface area (Å²) in [7, 11) is 0. The van der Waals surface area contributed by atoms with Crippen molar-refractivity contribution in [3.05, 3.63) is 35.5 Å². The third-order valence-corrected chi connectivity index (χ3v) is 4.25. The average molecular weight is 314 g/mol. The van der Waals surface area contributed by atoms with Crippen LogP contribution in [0.3, 0.4) is 0 Å². The average Bonchev–Trinajstić information content (AvgIpc) is 2.94. The van der Waals surface area contributed by atoms with Gasteiger partial charge in [0.15, 0.2) is 0 Å². The highest BCUT2D eigenvalue weighted by Gasteiger charge is 2.16. The van der Waals surface area contributed by atoms with Crippen LogP contribution in [0.4, 0.5) is 0 Å². The van der Waals surface area contributed by atoms with E-state index in [1.54, 1.807) is 0 Å². The highest BCUT2D eigenvalue weighted by molar-refractivity contribution is 5.62. The first-order valence-electron chi connectivity index (χ1n) is 8.70. The van der Waals surface area contributed by atoms with E-state index in [-0.39, 0.29) is 5.41 Å². The summed E-state index contributed by atoms with van der Waals surface area (Å²) < 4.78 is 2.02. The van der Waals surface area contributed by atoms with Gasteiger partial charge in [0.1, 0.15) is 5.69 Å². The Morgan fingerprint density at radius 2 is 1.74 bits per heavy atom. The molecule has 0 unspecified atom stereocenters. The van der Waals surface area contributed by atoms with E-state index in [0.29, 0.717) is 6.54 Å². The SMILES string of the molecule is CCCCCCn1nnc(CN)c1-c1ccc(C(C)(C)C)cc1. The summed E-state index contributed by atoms with van der Waals surface area (Å²) in [6, 6.07) is 8.73. The highest BCUT2D eigenvalue weighted by atomic mass is 15.4. The van der Waals surface area contributed by atoms with Gasteiger partial charge in [0.25, 0.3) is 0 Å². The fourth-order valence-corrected chi connectivity index (χ4v) is 2.78. The van der Waals surface area contributed by atoms with Crippen molar-refractivity contribution >= 4 is 0 Å². The van der Waals surface area contributed by atoms with E-state index in [2.05, 4.69) is 62.3 Å². The molecule has 0 saturated heterocycles. The number of aryl methyl sites for hydroxylation is 1. The molecule has 2 rings (SSSR count). The number of unbranched alkanes of at least 4 members (excludes halogenated alkanes) is 3. The van der Waals surface area contributed by atoms with Crippen LogP contribution in [0, 0.1) is 0 Å². The summed E-state index contributed by atoms with van der Waals surface area (Å²) in [5.74, 6) is 0. The minimum Gasteiger partial charge on any atom is -0.325 e. The van der Waals surface area contributed by atoms with Crippen LogP contribution in [0.5, 0.6) is 0 Å². The zero-order valence-corrected chi connectivity index (χ0v) is 15.0. The third-order valence-electron chi connectivity index (χ3n) is 4.25. The number of benzene rings is 1. The van der Waals surface area contributed by atoms with E-state index in [1.165, 1.54) is 24.8 Å². The maximum Gasteiger partial charge on any atom is 0.104 e. The summed E-state index contributed by atoms with van der Waals surface area (Å²) in [6.45, 7) is 10.2. The number of hydrogen-bond donors (Lipinski definition) is 1. The second kappa shape index (κ2) is 7.73. The van der Waals surface area contributed by atoms with Crippen molar-refractivity contribution in [3.8, 4) is 11.3 Å². The van der Waals surface area contributed by atoms with Crippen LogP contribution in [0.25, 0.3) is 11.3 Å². The predicted octanol–water partition coefficient (Wildman–Crippen LogP) is 4.28. The van der Waals surface area contributed by atoms with Gasteiger partial charge >= 0.3 is 0 Å². The van der Waals surface area contributed by atoms with Crippen molar-refractivity contribution in [2.75, 3.05) is 0 Å². The van der Waals surface area contributed by atoms with Crippen LogP contribution in [0.15, 0.2) is 24.3 Å². The standard InChI is InChI=1S/C19H30N4/c1-5-6-7-8-13-23-18(17(14-20)21-22-23)15-9-11-16(12-10-15)19(2,3)4/h9-12H,5-8,13-14,20H2,1-4H3. The minimum absolute atomic E-state index is 0.161. The molecule has 4 heteroatoms. The predicted molar refractivity (Wildman–Crippen MR) is 96.2 cm³/mol. The lowest BCUT2D eigenvalue weighted by molar-refractivity contribution is 0.531. The summed E-state index contributed by atoms with van der Waals surface area (Å²) in [4.78, 5) is 0. The first-order chi connectivity index (χ1) is 11.0. The van der Waals surface area contributed by atoms with Gasteiger partial charge in [-0.1, -0.05) is 76.4 Å². The third kappa shape index (κ3) is 4.41. The number of hydrogen-bond acceptors (Lipinski definition) is 3. The minimum atomic E-state index is 0.161. The smallest absolute Gasteiger partial charge is 0.104 e. The largest absolute Gasteiger partial charge is 0.325 e. The van der Waals surface area contributed by atoms with Gasteiger partial charge in [0.05, 0.1) is 5.69 Å². The van der Waals surface area contributed by atoms with E-state index in [9.17, 15) is 0 Å². The van der Waals surface area contributed by atoms with Gasteiger partial charge in [-0.15, -0.1) is 5.10 Å². The summed E-state index contributed by atoms with van der Waals surface area (Å²) in [6.07, 6.45) is 4.88. The molecule has 0 aliphatic rings. The molecule has 2 aromatic rings. The summed E-state index contributed by atoms with van der Waals surface area (Å²) >= 11 is 0. The highest BCUT2D eigenvalue weighted by Crippen LogP contribution is 2.27. The molecule has 0 radical (unpaired) electrons. The Labute approximate surface area is 140 Å². The quantitative estimate of drug-likeness (QED) is 0.776. The first kappa shape index (κ1) is 17.7. The Balaban J connectivity index is 2.24. The van der Waals surface area contributed by atoms with E-state index in [4.69, 9.17) is 5.73 Å². The lowest BCUT2D eigenvalue weighted by atomic mass is 9.86. The summed E-state index contributed by atoms with van der Waals surface area (Å²) in [5, 5.41) is 8.59. The Morgan fingerprint density at radius 3 is 2.30 bits per heavy atom. The normalized spacial score (nSPS) is 11.9. The Bertz CT molecular complexity index is 605. The van der Waals surface area contributed by atoms with Crippen LogP contribution < -0.4 is 5.73 Å². The van der Waals surface area contributed by atoms with Crippen molar-refractivity contribution in [1.82, 2.24) is 15.0 Å². The van der Waals surface area contributed by atoms with Crippen LogP contribution in [-0.4, -0.2) is 15.0 Å². The molecule has 0 spiro atoms. The topological polar surface area (TPSA) is 56.7 Å². The van der Waals surface area contributed by atoms with Crippen molar-refractivity contribution in [2.45, 2.75) is 71.9 Å². The summed E-state index contributed by atoms with van der Waals surface area (Å²) in [5.41, 5.74) is 10.5. The molecule has 0 bridgehead atoms. The second-order valence-electron chi connectivity index (χ2n) is 7.20. The van der Waals surface area contributed by atoms with Crippen molar-refractivity contribution in [2.24, 2.45) is 5.73 Å². The van der Waals surface area contributed by atoms with Crippen molar-refractivity contribution in [3.63, 3.8) is 0 Å². The van der Waals surface area contributed by atoms with Gasteiger partial charge in [-0.05, 0) is 17.4 Å². The van der Waals surface area contributed by atoms with E-state index in [0.717, 1.165) is 29.9 Å². The molecule has 1 heterocycles. The van der Waals surface area contributed by atoms with E-state index >= 15 is 0 Å². The molecular weight excluding hydrogens is 284 g/mol. The molecule has 23 heavy (non-hydrogen) atoms. The van der Waals surface area contributed by atoms with E-state index in [1.807, 2.05) is 4.68 Å². The van der Waals surface area contributed by atoms with Gasteiger partial charge in [-0.2, -0.15) is 0 Å². The maximum atomic E-state index is 5.86. The fraction of sp³-hybridized carbons (Fsp3) is 0.579. The number of aromatic nitrogens is 3. The first-order valence-corrected chi connectivity index (χ1v) is 8.70. The number of nitrogens with two attached hydrogens (primary N) is 1. The second-order valence-corrected chi connectivity index (χ2v) is 7.20. The molecule has 0 saturated carbocycles. The maximum absolute atomic E-state index is 5.86. The van der Waals surface area contributed by atoms with E-state index < -0.39 is 0 Å². The number of nitrogens with zero attached hydrogens (tertiary/aromatic N) is 3. The van der Waals surface area contributed by atoms with Crippen LogP contribution in [0.1, 0.15) is 64.6 Å². The van der Waals surface area contributed by atoms with Gasteiger partial charge in [-0.25, -0.2) is 4.68 Å². The Kier molecular flexibility index (Phi) is 5.94. The molecule has 126 valence electrons. The van der Waals surface area contributed by atoms with Gasteiger partial charge in [0, 0.05) is 18.7 Å². The number of rotatable bonds is 7. The van der Waals surface area contributed by atoms with Crippen LogP contribution in [-0.2, 0) is 18.5 Å². The molecule has 0 aliphatic carbocycles. The lowest BCUT2D eigenvalue weighted by Gasteiger charge is -2.19. The molecule has 0 aliphatic heterocycles. The molecule has 2 N–H and O–H groups in total. The molecule has 0 amide bonds. The van der Waals surface area contributed by atoms with Crippen LogP contribution >= 0.6 is 0 Å². The Hall–Kier alpha value is -1.68.